The van der Waals surface area contributed by atoms with Gasteiger partial charge in [-0.25, -0.2) is 8.42 Å². The van der Waals surface area contributed by atoms with Crippen LogP contribution in [0.4, 0.5) is 5.69 Å². The van der Waals surface area contributed by atoms with Crippen LogP contribution in [-0.2, 0) is 20.2 Å². The highest BCUT2D eigenvalue weighted by Gasteiger charge is 2.27. The third kappa shape index (κ3) is 6.07. The Labute approximate surface area is 183 Å². The highest BCUT2D eigenvalue weighted by atomic mass is 32.2. The number of amides is 1. The summed E-state index contributed by atoms with van der Waals surface area (Å²) in [5.74, 6) is -1.44. The number of sulfonamides is 1. The van der Waals surface area contributed by atoms with Crippen LogP contribution in [0.2, 0.25) is 0 Å². The lowest BCUT2D eigenvalue weighted by atomic mass is 9.87. The van der Waals surface area contributed by atoms with Gasteiger partial charge in [0, 0.05) is 17.8 Å². The Hall–Kier alpha value is -2.87. The molecule has 2 rings (SSSR count). The summed E-state index contributed by atoms with van der Waals surface area (Å²) < 4.78 is 28.5. The van der Waals surface area contributed by atoms with E-state index in [1.807, 2.05) is 26.8 Å². The summed E-state index contributed by atoms with van der Waals surface area (Å²) in [5, 5.41) is 11.7. The molecular formula is C23H30N2O5S. The third-order valence-corrected chi connectivity index (χ3v) is 6.54. The molecule has 7 nitrogen and oxygen atoms in total. The molecule has 0 bridgehead atoms. The van der Waals surface area contributed by atoms with Crippen molar-refractivity contribution in [3.8, 4) is 0 Å². The number of aryl methyl sites for hydroxylation is 1. The van der Waals surface area contributed by atoms with Crippen molar-refractivity contribution in [3.05, 3.63) is 59.2 Å². The fourth-order valence-electron chi connectivity index (χ4n) is 2.73. The number of carbonyl (C=O) groups excluding carboxylic acids is 1. The second kappa shape index (κ2) is 8.70. The van der Waals surface area contributed by atoms with E-state index < -0.39 is 27.3 Å². The minimum absolute atomic E-state index is 0.0288. The molecule has 8 heteroatoms. The van der Waals surface area contributed by atoms with E-state index in [0.29, 0.717) is 16.8 Å². The molecule has 168 valence electrons. The Morgan fingerprint density at radius 1 is 0.968 bits per heavy atom. The minimum atomic E-state index is -3.81. The van der Waals surface area contributed by atoms with Gasteiger partial charge >= 0.3 is 5.97 Å². The number of benzene rings is 2. The zero-order valence-electron chi connectivity index (χ0n) is 18.7. The Morgan fingerprint density at radius 2 is 1.55 bits per heavy atom. The number of carboxylic acid groups (broad SMARTS) is 1. The Morgan fingerprint density at radius 3 is 2.06 bits per heavy atom. The zero-order valence-corrected chi connectivity index (χ0v) is 19.6. The van der Waals surface area contributed by atoms with Crippen LogP contribution >= 0.6 is 0 Å². The van der Waals surface area contributed by atoms with Gasteiger partial charge in [0.15, 0.2) is 0 Å². The van der Waals surface area contributed by atoms with E-state index in [2.05, 4.69) is 10.0 Å². The molecule has 0 aliphatic rings. The molecule has 0 radical (unpaired) electrons. The highest BCUT2D eigenvalue weighted by molar-refractivity contribution is 7.92. The Kier molecular flexibility index (Phi) is 6.85. The quantitative estimate of drug-likeness (QED) is 0.596. The number of anilines is 1. The Bertz CT molecular complexity index is 1080. The number of carboxylic acids is 1. The van der Waals surface area contributed by atoms with Gasteiger partial charge in [-0.2, -0.15) is 0 Å². The lowest BCUT2D eigenvalue weighted by Crippen LogP contribution is -2.38. The molecule has 3 N–H and O–H groups in total. The van der Waals surface area contributed by atoms with Crippen LogP contribution in [0.3, 0.4) is 0 Å². The van der Waals surface area contributed by atoms with E-state index in [9.17, 15) is 18.0 Å². The van der Waals surface area contributed by atoms with Gasteiger partial charge < -0.3 is 10.4 Å². The predicted molar refractivity (Wildman–Crippen MR) is 121 cm³/mol. The van der Waals surface area contributed by atoms with Crippen molar-refractivity contribution in [1.82, 2.24) is 5.32 Å². The maximum Gasteiger partial charge on any atom is 0.310 e. The molecule has 0 aliphatic carbocycles. The fraction of sp³-hybridized carbons (Fsp3) is 0.391. The summed E-state index contributed by atoms with van der Waals surface area (Å²) in [6.07, 6.45) is 0. The number of nitrogens with one attached hydrogen (secondary N) is 2. The molecular weight excluding hydrogens is 416 g/mol. The van der Waals surface area contributed by atoms with Crippen LogP contribution in [0, 0.1) is 12.3 Å². The normalized spacial score (nSPS) is 12.3. The van der Waals surface area contributed by atoms with Crippen molar-refractivity contribution in [2.75, 3.05) is 11.3 Å². The molecule has 0 saturated heterocycles. The summed E-state index contributed by atoms with van der Waals surface area (Å²) in [7, 11) is -3.81. The summed E-state index contributed by atoms with van der Waals surface area (Å²) in [6, 6.07) is 11.4. The van der Waals surface area contributed by atoms with E-state index in [0.717, 1.165) is 5.56 Å². The molecule has 0 unspecified atom stereocenters. The fourth-order valence-corrected chi connectivity index (χ4v) is 4.07. The van der Waals surface area contributed by atoms with Crippen LogP contribution in [0.15, 0.2) is 47.4 Å². The van der Waals surface area contributed by atoms with E-state index in [-0.39, 0.29) is 16.9 Å². The average Bonchev–Trinajstić information content (AvgIpc) is 2.65. The largest absolute Gasteiger partial charge is 0.481 e. The molecule has 0 aromatic heterocycles. The first kappa shape index (κ1) is 24.4. The summed E-state index contributed by atoms with van der Waals surface area (Å²) >= 11 is 0. The molecule has 0 atom stereocenters. The van der Waals surface area contributed by atoms with Crippen LogP contribution in [0.25, 0.3) is 0 Å². The van der Waals surface area contributed by atoms with Crippen molar-refractivity contribution in [2.45, 2.75) is 51.9 Å². The van der Waals surface area contributed by atoms with E-state index in [4.69, 9.17) is 5.11 Å². The number of rotatable bonds is 7. The van der Waals surface area contributed by atoms with Crippen LogP contribution in [-0.4, -0.2) is 31.9 Å². The maximum atomic E-state index is 13.0. The van der Waals surface area contributed by atoms with E-state index in [1.165, 1.54) is 38.1 Å². The van der Waals surface area contributed by atoms with Crippen LogP contribution in [0.1, 0.15) is 56.1 Å². The zero-order chi connectivity index (χ0) is 23.6. The number of hydrogen-bond acceptors (Lipinski definition) is 4. The van der Waals surface area contributed by atoms with Gasteiger partial charge in [0.05, 0.1) is 10.3 Å². The number of carbonyl (C=O) groups is 2. The molecule has 1 amide bonds. The van der Waals surface area contributed by atoms with Gasteiger partial charge in [-0.05, 0) is 67.6 Å². The highest BCUT2D eigenvalue weighted by Crippen LogP contribution is 2.28. The SMILES string of the molecule is Cc1ccc(C(C)(C)C)cc1S(=O)(=O)Nc1ccc(C(=O)NCC(C)(C)C(=O)O)cc1. The van der Waals surface area contributed by atoms with Crippen molar-refractivity contribution in [3.63, 3.8) is 0 Å². The standard InChI is InChI=1S/C23H30N2O5S/c1-15-7-10-17(22(2,3)4)13-19(15)31(29,30)25-18-11-8-16(9-12-18)20(26)24-14-23(5,6)21(27)28/h7-13,25H,14H2,1-6H3,(H,24,26)(H,27,28). The summed E-state index contributed by atoms with van der Waals surface area (Å²) in [6.45, 7) is 10.8. The molecule has 2 aromatic rings. The van der Waals surface area contributed by atoms with Crippen molar-refractivity contribution < 1.29 is 23.1 Å². The van der Waals surface area contributed by atoms with Crippen LogP contribution in [0.5, 0.6) is 0 Å². The van der Waals surface area contributed by atoms with E-state index >= 15 is 0 Å². The number of aliphatic carboxylic acids is 1. The minimum Gasteiger partial charge on any atom is -0.481 e. The molecule has 0 spiro atoms. The number of hydrogen-bond donors (Lipinski definition) is 3. The van der Waals surface area contributed by atoms with Gasteiger partial charge in [-0.3, -0.25) is 14.3 Å². The first-order valence-electron chi connectivity index (χ1n) is 9.89. The molecule has 31 heavy (non-hydrogen) atoms. The monoisotopic (exact) mass is 446 g/mol. The first-order valence-corrected chi connectivity index (χ1v) is 11.4. The average molecular weight is 447 g/mol. The first-order chi connectivity index (χ1) is 14.1. The molecule has 0 heterocycles. The van der Waals surface area contributed by atoms with Crippen LogP contribution < -0.4 is 10.0 Å². The van der Waals surface area contributed by atoms with Gasteiger partial charge in [0.1, 0.15) is 0 Å². The van der Waals surface area contributed by atoms with Crippen molar-refractivity contribution >= 4 is 27.6 Å². The lowest BCUT2D eigenvalue weighted by molar-refractivity contribution is -0.146. The topological polar surface area (TPSA) is 113 Å². The molecule has 0 saturated carbocycles. The second-order valence-corrected chi connectivity index (χ2v) is 10.9. The predicted octanol–water partition coefficient (Wildman–Crippen LogP) is 3.93. The van der Waals surface area contributed by atoms with Gasteiger partial charge in [-0.15, -0.1) is 0 Å². The lowest BCUT2D eigenvalue weighted by Gasteiger charge is -2.21. The van der Waals surface area contributed by atoms with Crippen molar-refractivity contribution in [2.24, 2.45) is 5.41 Å². The van der Waals surface area contributed by atoms with Gasteiger partial charge in [-0.1, -0.05) is 32.9 Å². The smallest absolute Gasteiger partial charge is 0.310 e. The third-order valence-electron chi connectivity index (χ3n) is 5.01. The Balaban J connectivity index is 2.17. The second-order valence-electron chi connectivity index (χ2n) is 9.28. The summed E-state index contributed by atoms with van der Waals surface area (Å²) in [5.41, 5.74) is 0.887. The molecule has 2 aromatic carbocycles. The molecule has 0 fully saturated rings. The van der Waals surface area contributed by atoms with Gasteiger partial charge in [0.25, 0.3) is 15.9 Å². The van der Waals surface area contributed by atoms with Gasteiger partial charge in [0.2, 0.25) is 0 Å². The molecule has 0 aliphatic heterocycles. The van der Waals surface area contributed by atoms with Crippen molar-refractivity contribution in [1.29, 1.82) is 0 Å². The van der Waals surface area contributed by atoms with E-state index in [1.54, 1.807) is 19.1 Å². The summed E-state index contributed by atoms with van der Waals surface area (Å²) in [4.78, 5) is 23.6. The maximum absolute atomic E-state index is 13.0.